The lowest BCUT2D eigenvalue weighted by atomic mass is 9.89. The molecule has 2 aromatic carbocycles. The smallest absolute Gasteiger partial charge is 0.251 e. The molecule has 0 spiro atoms. The summed E-state index contributed by atoms with van der Waals surface area (Å²) < 4.78 is 27.4. The second kappa shape index (κ2) is 10.6. The lowest BCUT2D eigenvalue weighted by Crippen LogP contribution is -2.53. The third-order valence-electron chi connectivity index (χ3n) is 5.65. The van der Waals surface area contributed by atoms with Gasteiger partial charge in [-0.15, -0.1) is 6.58 Å². The first-order chi connectivity index (χ1) is 15.3. The standard InChI is InChI=1S/C24H29N3O4S/c1-3-15-25-24(29)22(26-23(28)20-7-5-4-6-8-20)19-13-16-27(17-14-19)32(30,31)21-11-9-18(2)10-12-21/h3-12,19,22H,1,13-17H2,2H3,(H,25,29)(H,26,28). The lowest BCUT2D eigenvalue weighted by molar-refractivity contribution is -0.124. The zero-order chi connectivity index (χ0) is 23.1. The summed E-state index contributed by atoms with van der Waals surface area (Å²) in [5.74, 6) is -0.815. The van der Waals surface area contributed by atoms with Crippen molar-refractivity contribution >= 4 is 21.8 Å². The Bertz CT molecular complexity index is 1040. The molecule has 1 fully saturated rings. The number of benzene rings is 2. The Kier molecular flexibility index (Phi) is 7.82. The van der Waals surface area contributed by atoms with Gasteiger partial charge in [-0.25, -0.2) is 8.42 Å². The molecule has 0 aliphatic carbocycles. The van der Waals surface area contributed by atoms with Gasteiger partial charge < -0.3 is 10.6 Å². The summed E-state index contributed by atoms with van der Waals surface area (Å²) >= 11 is 0. The second-order valence-electron chi connectivity index (χ2n) is 7.91. The number of amides is 2. The third kappa shape index (κ3) is 5.63. The van der Waals surface area contributed by atoms with E-state index in [1.807, 2.05) is 13.0 Å². The molecule has 32 heavy (non-hydrogen) atoms. The molecular formula is C24H29N3O4S. The molecule has 1 saturated heterocycles. The second-order valence-corrected chi connectivity index (χ2v) is 9.84. The molecular weight excluding hydrogens is 426 g/mol. The molecule has 1 aliphatic heterocycles. The van der Waals surface area contributed by atoms with Crippen LogP contribution >= 0.6 is 0 Å². The number of hydrogen-bond donors (Lipinski definition) is 2. The SMILES string of the molecule is C=CCNC(=O)C(NC(=O)c1ccccc1)C1CCN(S(=O)(=O)c2ccc(C)cc2)CC1. The van der Waals surface area contributed by atoms with E-state index in [1.54, 1.807) is 54.6 Å². The highest BCUT2D eigenvalue weighted by Gasteiger charge is 2.36. The largest absolute Gasteiger partial charge is 0.351 e. The van der Waals surface area contributed by atoms with Gasteiger partial charge in [-0.2, -0.15) is 4.31 Å². The van der Waals surface area contributed by atoms with E-state index >= 15 is 0 Å². The van der Waals surface area contributed by atoms with Crippen LogP contribution in [-0.4, -0.2) is 50.2 Å². The molecule has 1 unspecified atom stereocenters. The summed E-state index contributed by atoms with van der Waals surface area (Å²) in [6.45, 7) is 6.37. The molecule has 3 rings (SSSR count). The minimum atomic E-state index is -3.60. The van der Waals surface area contributed by atoms with Crippen molar-refractivity contribution in [1.29, 1.82) is 0 Å². The van der Waals surface area contributed by atoms with Crippen molar-refractivity contribution in [2.24, 2.45) is 5.92 Å². The predicted molar refractivity (Wildman–Crippen MR) is 124 cm³/mol. The highest BCUT2D eigenvalue weighted by atomic mass is 32.2. The van der Waals surface area contributed by atoms with Gasteiger partial charge in [0.2, 0.25) is 15.9 Å². The van der Waals surface area contributed by atoms with E-state index in [0.717, 1.165) is 5.56 Å². The molecule has 1 heterocycles. The summed E-state index contributed by atoms with van der Waals surface area (Å²) in [4.78, 5) is 25.8. The molecule has 1 aliphatic rings. The highest BCUT2D eigenvalue weighted by Crippen LogP contribution is 2.26. The van der Waals surface area contributed by atoms with E-state index in [4.69, 9.17) is 0 Å². The zero-order valence-electron chi connectivity index (χ0n) is 18.2. The number of piperidine rings is 1. The Balaban J connectivity index is 1.71. The van der Waals surface area contributed by atoms with Crippen LogP contribution in [0.1, 0.15) is 28.8 Å². The Morgan fingerprint density at radius 3 is 2.31 bits per heavy atom. The van der Waals surface area contributed by atoms with Crippen LogP contribution in [0, 0.1) is 12.8 Å². The van der Waals surface area contributed by atoms with Gasteiger partial charge in [0.25, 0.3) is 5.91 Å². The van der Waals surface area contributed by atoms with Gasteiger partial charge in [0, 0.05) is 25.2 Å². The van der Waals surface area contributed by atoms with E-state index in [1.165, 1.54) is 4.31 Å². The Labute approximate surface area is 189 Å². The number of carbonyl (C=O) groups excluding carboxylic acids is 2. The van der Waals surface area contributed by atoms with Gasteiger partial charge in [0.05, 0.1) is 4.90 Å². The minimum absolute atomic E-state index is 0.183. The quantitative estimate of drug-likeness (QED) is 0.598. The van der Waals surface area contributed by atoms with Gasteiger partial charge in [0.1, 0.15) is 6.04 Å². The Morgan fingerprint density at radius 1 is 1.09 bits per heavy atom. The summed E-state index contributed by atoms with van der Waals surface area (Å²) in [7, 11) is -3.60. The maximum absolute atomic E-state index is 13.0. The van der Waals surface area contributed by atoms with Gasteiger partial charge in [-0.1, -0.05) is 42.0 Å². The van der Waals surface area contributed by atoms with Crippen molar-refractivity contribution in [3.05, 3.63) is 78.4 Å². The zero-order valence-corrected chi connectivity index (χ0v) is 19.0. The fourth-order valence-electron chi connectivity index (χ4n) is 3.80. The Hall–Kier alpha value is -2.97. The molecule has 170 valence electrons. The predicted octanol–water partition coefficient (Wildman–Crippen LogP) is 2.50. The summed E-state index contributed by atoms with van der Waals surface area (Å²) in [6.07, 6.45) is 2.50. The normalized spacial score (nSPS) is 16.2. The summed E-state index contributed by atoms with van der Waals surface area (Å²) in [5.41, 5.74) is 1.46. The van der Waals surface area contributed by atoms with Crippen molar-refractivity contribution in [3.63, 3.8) is 0 Å². The van der Waals surface area contributed by atoms with Gasteiger partial charge in [-0.05, 0) is 49.9 Å². The average Bonchev–Trinajstić information content (AvgIpc) is 2.81. The lowest BCUT2D eigenvalue weighted by Gasteiger charge is -2.35. The molecule has 2 aromatic rings. The van der Waals surface area contributed by atoms with Crippen molar-refractivity contribution in [2.45, 2.75) is 30.7 Å². The van der Waals surface area contributed by atoms with E-state index in [2.05, 4.69) is 17.2 Å². The first-order valence-corrected chi connectivity index (χ1v) is 12.1. The molecule has 0 radical (unpaired) electrons. The van der Waals surface area contributed by atoms with E-state index < -0.39 is 16.1 Å². The molecule has 0 saturated carbocycles. The minimum Gasteiger partial charge on any atom is -0.351 e. The van der Waals surface area contributed by atoms with Crippen LogP contribution in [0.3, 0.4) is 0 Å². The van der Waals surface area contributed by atoms with Crippen LogP contribution < -0.4 is 10.6 Å². The molecule has 0 bridgehead atoms. The fourth-order valence-corrected chi connectivity index (χ4v) is 5.27. The Morgan fingerprint density at radius 2 is 1.72 bits per heavy atom. The van der Waals surface area contributed by atoms with Crippen molar-refractivity contribution in [2.75, 3.05) is 19.6 Å². The molecule has 2 amide bonds. The number of rotatable bonds is 8. The number of hydrogen-bond acceptors (Lipinski definition) is 4. The third-order valence-corrected chi connectivity index (χ3v) is 7.57. The van der Waals surface area contributed by atoms with Crippen LogP contribution in [0.4, 0.5) is 0 Å². The molecule has 1 atom stereocenters. The maximum atomic E-state index is 13.0. The number of nitrogens with zero attached hydrogens (tertiary/aromatic N) is 1. The molecule has 7 nitrogen and oxygen atoms in total. The topological polar surface area (TPSA) is 95.6 Å². The van der Waals surface area contributed by atoms with Gasteiger partial charge in [-0.3, -0.25) is 9.59 Å². The van der Waals surface area contributed by atoms with Crippen LogP contribution in [0.2, 0.25) is 0 Å². The highest BCUT2D eigenvalue weighted by molar-refractivity contribution is 7.89. The maximum Gasteiger partial charge on any atom is 0.251 e. The van der Waals surface area contributed by atoms with Gasteiger partial charge >= 0.3 is 0 Å². The average molecular weight is 456 g/mol. The summed E-state index contributed by atoms with van der Waals surface area (Å²) in [6, 6.07) is 14.7. The van der Waals surface area contributed by atoms with Crippen molar-refractivity contribution in [3.8, 4) is 0 Å². The van der Waals surface area contributed by atoms with E-state index in [9.17, 15) is 18.0 Å². The number of sulfonamides is 1. The van der Waals surface area contributed by atoms with E-state index in [0.29, 0.717) is 18.4 Å². The first kappa shape index (κ1) is 23.7. The number of aryl methyl sites for hydroxylation is 1. The fraction of sp³-hybridized carbons (Fsp3) is 0.333. The molecule has 8 heteroatoms. The first-order valence-electron chi connectivity index (χ1n) is 10.6. The van der Waals surface area contributed by atoms with Crippen LogP contribution in [0.5, 0.6) is 0 Å². The van der Waals surface area contributed by atoms with E-state index in [-0.39, 0.29) is 42.3 Å². The molecule has 2 N–H and O–H groups in total. The number of carbonyl (C=O) groups is 2. The van der Waals surface area contributed by atoms with Crippen LogP contribution in [0.15, 0.2) is 72.1 Å². The van der Waals surface area contributed by atoms with Crippen molar-refractivity contribution < 1.29 is 18.0 Å². The van der Waals surface area contributed by atoms with Crippen LogP contribution in [-0.2, 0) is 14.8 Å². The summed E-state index contributed by atoms with van der Waals surface area (Å²) in [5, 5.41) is 5.61. The molecule has 0 aromatic heterocycles. The van der Waals surface area contributed by atoms with Gasteiger partial charge in [0.15, 0.2) is 0 Å². The number of nitrogens with one attached hydrogen (secondary N) is 2. The monoisotopic (exact) mass is 455 g/mol. The van der Waals surface area contributed by atoms with Crippen molar-refractivity contribution in [1.82, 2.24) is 14.9 Å². The van der Waals surface area contributed by atoms with Crippen LogP contribution in [0.25, 0.3) is 0 Å².